The van der Waals surface area contributed by atoms with Crippen molar-refractivity contribution in [3.05, 3.63) is 63.7 Å². The van der Waals surface area contributed by atoms with E-state index in [9.17, 15) is 14.4 Å². The zero-order valence-corrected chi connectivity index (χ0v) is 17.0. The normalized spacial score (nSPS) is 11.5. The minimum absolute atomic E-state index is 0.334. The lowest BCUT2D eigenvalue weighted by atomic mass is 10.1. The molecule has 28 heavy (non-hydrogen) atoms. The zero-order chi connectivity index (χ0) is 20.8. The first-order valence-electron chi connectivity index (χ1n) is 8.80. The third kappa shape index (κ3) is 5.57. The molecule has 0 aliphatic rings. The van der Waals surface area contributed by atoms with Crippen LogP contribution in [0.15, 0.2) is 36.4 Å². The van der Waals surface area contributed by atoms with E-state index in [0.29, 0.717) is 16.3 Å². The number of rotatable bonds is 6. The smallest absolute Gasteiger partial charge is 0.326 e. The maximum absolute atomic E-state index is 12.2. The highest BCUT2D eigenvalue weighted by Crippen LogP contribution is 2.23. The number of benzene rings is 2. The van der Waals surface area contributed by atoms with E-state index in [4.69, 9.17) is 16.3 Å². The van der Waals surface area contributed by atoms with E-state index in [1.54, 1.807) is 37.3 Å². The number of ether oxygens (including phenoxy) is 1. The molecule has 0 saturated heterocycles. The molecule has 2 aromatic rings. The average Bonchev–Trinajstić information content (AvgIpc) is 2.65. The summed E-state index contributed by atoms with van der Waals surface area (Å²) in [5, 5.41) is 5.69. The highest BCUT2D eigenvalue weighted by Gasteiger charge is 2.19. The third-order valence-corrected chi connectivity index (χ3v) is 4.77. The molecule has 6 nitrogen and oxygen atoms in total. The Morgan fingerprint density at radius 2 is 1.79 bits per heavy atom. The van der Waals surface area contributed by atoms with Gasteiger partial charge in [-0.25, -0.2) is 0 Å². The molecule has 0 unspecified atom stereocenters. The first kappa shape index (κ1) is 21.4. The Kier molecular flexibility index (Phi) is 7.18. The number of hydrogen-bond donors (Lipinski definition) is 2. The predicted octanol–water partition coefficient (Wildman–Crippen LogP) is 3.57. The number of aryl methyl sites for hydroxylation is 2. The lowest BCUT2D eigenvalue weighted by Crippen LogP contribution is -2.36. The summed E-state index contributed by atoms with van der Waals surface area (Å²) in [4.78, 5) is 36.3. The molecule has 2 rings (SSSR count). The fourth-order valence-corrected chi connectivity index (χ4v) is 2.58. The van der Waals surface area contributed by atoms with Gasteiger partial charge in [0.1, 0.15) is 6.54 Å². The third-order valence-electron chi connectivity index (χ3n) is 4.37. The molecule has 2 N–H and O–H groups in total. The SMILES string of the molecule is Cc1ccc(C(=O)NCC(=O)O[C@H](C)C(=O)Nc2cccc(Cl)c2C)cc1C. The first-order valence-corrected chi connectivity index (χ1v) is 9.17. The molecule has 0 bridgehead atoms. The summed E-state index contributed by atoms with van der Waals surface area (Å²) >= 11 is 6.02. The van der Waals surface area contributed by atoms with Gasteiger partial charge in [-0.3, -0.25) is 14.4 Å². The molecule has 0 aliphatic carbocycles. The van der Waals surface area contributed by atoms with Crippen LogP contribution in [0.1, 0.15) is 34.0 Å². The Labute approximate surface area is 169 Å². The maximum atomic E-state index is 12.2. The number of halogens is 1. The number of esters is 1. The topological polar surface area (TPSA) is 84.5 Å². The van der Waals surface area contributed by atoms with Crippen LogP contribution in [0.4, 0.5) is 5.69 Å². The van der Waals surface area contributed by atoms with E-state index >= 15 is 0 Å². The number of hydrogen-bond acceptors (Lipinski definition) is 4. The van der Waals surface area contributed by atoms with Gasteiger partial charge >= 0.3 is 5.97 Å². The second-order valence-corrected chi connectivity index (χ2v) is 6.92. The van der Waals surface area contributed by atoms with Crippen molar-refractivity contribution in [3.8, 4) is 0 Å². The Hall–Kier alpha value is -2.86. The molecule has 1 atom stereocenters. The lowest BCUT2D eigenvalue weighted by Gasteiger charge is -2.15. The molecule has 2 aromatic carbocycles. The Bertz CT molecular complexity index is 911. The Balaban J connectivity index is 1.86. The summed E-state index contributed by atoms with van der Waals surface area (Å²) in [6, 6.07) is 10.4. The second-order valence-electron chi connectivity index (χ2n) is 6.52. The maximum Gasteiger partial charge on any atom is 0.326 e. The molecule has 0 aliphatic heterocycles. The summed E-state index contributed by atoms with van der Waals surface area (Å²) in [5.41, 5.74) is 3.78. The number of amides is 2. The molecule has 0 radical (unpaired) electrons. The van der Waals surface area contributed by atoms with Gasteiger partial charge in [0.15, 0.2) is 6.10 Å². The van der Waals surface area contributed by atoms with Crippen LogP contribution < -0.4 is 10.6 Å². The van der Waals surface area contributed by atoms with Gasteiger partial charge in [-0.05, 0) is 68.7 Å². The predicted molar refractivity (Wildman–Crippen MR) is 109 cm³/mol. The van der Waals surface area contributed by atoms with Crippen LogP contribution in [0.3, 0.4) is 0 Å². The van der Waals surface area contributed by atoms with Gasteiger partial charge in [0, 0.05) is 16.3 Å². The second kappa shape index (κ2) is 9.37. The molecular weight excluding hydrogens is 380 g/mol. The lowest BCUT2D eigenvalue weighted by molar-refractivity contribution is -0.152. The zero-order valence-electron chi connectivity index (χ0n) is 16.3. The number of nitrogens with one attached hydrogen (secondary N) is 2. The van der Waals surface area contributed by atoms with Crippen molar-refractivity contribution in [2.24, 2.45) is 0 Å². The van der Waals surface area contributed by atoms with Gasteiger partial charge in [0.05, 0.1) is 0 Å². The van der Waals surface area contributed by atoms with Gasteiger partial charge in [0.2, 0.25) is 0 Å². The highest BCUT2D eigenvalue weighted by molar-refractivity contribution is 6.31. The van der Waals surface area contributed by atoms with E-state index in [0.717, 1.165) is 16.7 Å². The summed E-state index contributed by atoms with van der Waals surface area (Å²) in [5.74, 6) is -1.58. The highest BCUT2D eigenvalue weighted by atomic mass is 35.5. The van der Waals surface area contributed by atoms with Crippen LogP contribution in [0, 0.1) is 20.8 Å². The summed E-state index contributed by atoms with van der Waals surface area (Å²) < 4.78 is 5.08. The molecule has 7 heteroatoms. The minimum Gasteiger partial charge on any atom is -0.451 e. The Morgan fingerprint density at radius 1 is 1.07 bits per heavy atom. The quantitative estimate of drug-likeness (QED) is 0.723. The van der Waals surface area contributed by atoms with Crippen LogP contribution in [0.25, 0.3) is 0 Å². The van der Waals surface area contributed by atoms with Crippen molar-refractivity contribution in [2.45, 2.75) is 33.8 Å². The van der Waals surface area contributed by atoms with E-state index in [2.05, 4.69) is 10.6 Å². The summed E-state index contributed by atoms with van der Waals surface area (Å²) in [6.45, 7) is 6.75. The van der Waals surface area contributed by atoms with Crippen molar-refractivity contribution in [1.29, 1.82) is 0 Å². The van der Waals surface area contributed by atoms with Crippen molar-refractivity contribution in [1.82, 2.24) is 5.32 Å². The number of carbonyl (C=O) groups excluding carboxylic acids is 3. The van der Waals surface area contributed by atoms with E-state index in [1.165, 1.54) is 6.92 Å². The number of carbonyl (C=O) groups is 3. The number of anilines is 1. The molecular formula is C21H23ClN2O4. The van der Waals surface area contributed by atoms with Crippen LogP contribution in [-0.2, 0) is 14.3 Å². The van der Waals surface area contributed by atoms with Gasteiger partial charge in [-0.15, -0.1) is 0 Å². The van der Waals surface area contributed by atoms with Crippen LogP contribution in [-0.4, -0.2) is 30.4 Å². The minimum atomic E-state index is -1.02. The first-order chi connectivity index (χ1) is 13.2. The van der Waals surface area contributed by atoms with Crippen molar-refractivity contribution < 1.29 is 19.1 Å². The molecule has 148 valence electrons. The fraction of sp³-hybridized carbons (Fsp3) is 0.286. The van der Waals surface area contributed by atoms with Crippen LogP contribution >= 0.6 is 11.6 Å². The van der Waals surface area contributed by atoms with Crippen molar-refractivity contribution in [3.63, 3.8) is 0 Å². The standard InChI is InChI=1S/C21H23ClN2O4/c1-12-8-9-16(10-13(12)2)21(27)23-11-19(25)28-15(4)20(26)24-18-7-5-6-17(22)14(18)3/h5-10,15H,11H2,1-4H3,(H,23,27)(H,24,26)/t15-/m1/s1. The molecule has 0 saturated carbocycles. The van der Waals surface area contributed by atoms with Gasteiger partial charge in [0.25, 0.3) is 11.8 Å². The van der Waals surface area contributed by atoms with Crippen LogP contribution in [0.5, 0.6) is 0 Å². The van der Waals surface area contributed by atoms with E-state index in [-0.39, 0.29) is 12.5 Å². The molecule has 0 heterocycles. The summed E-state index contributed by atoms with van der Waals surface area (Å²) in [7, 11) is 0. The van der Waals surface area contributed by atoms with E-state index in [1.807, 2.05) is 19.9 Å². The Morgan fingerprint density at radius 3 is 2.46 bits per heavy atom. The molecule has 2 amide bonds. The average molecular weight is 403 g/mol. The monoisotopic (exact) mass is 402 g/mol. The summed E-state index contributed by atoms with van der Waals surface area (Å²) in [6.07, 6.45) is -1.02. The van der Waals surface area contributed by atoms with Crippen molar-refractivity contribution in [2.75, 3.05) is 11.9 Å². The van der Waals surface area contributed by atoms with Gasteiger partial charge < -0.3 is 15.4 Å². The largest absolute Gasteiger partial charge is 0.451 e. The van der Waals surface area contributed by atoms with Crippen molar-refractivity contribution >= 4 is 35.1 Å². The van der Waals surface area contributed by atoms with Crippen LogP contribution in [0.2, 0.25) is 5.02 Å². The fourth-order valence-electron chi connectivity index (χ4n) is 2.41. The van der Waals surface area contributed by atoms with E-state index < -0.39 is 18.0 Å². The molecule has 0 spiro atoms. The molecule has 0 fully saturated rings. The van der Waals surface area contributed by atoms with Gasteiger partial charge in [-0.2, -0.15) is 0 Å². The molecule has 0 aromatic heterocycles. The van der Waals surface area contributed by atoms with Gasteiger partial charge in [-0.1, -0.05) is 23.7 Å².